The lowest BCUT2D eigenvalue weighted by atomic mass is 9.84. The monoisotopic (exact) mass is 347 g/mol. The van der Waals surface area contributed by atoms with Crippen molar-refractivity contribution in [1.29, 1.82) is 0 Å². The number of nitrogens with zero attached hydrogens (tertiary/aromatic N) is 3. The van der Waals surface area contributed by atoms with Crippen LogP contribution < -0.4 is 0 Å². The summed E-state index contributed by atoms with van der Waals surface area (Å²) < 4.78 is 29.6. The van der Waals surface area contributed by atoms with Crippen LogP contribution in [0.4, 0.5) is 8.78 Å². The zero-order valence-electron chi connectivity index (χ0n) is 14.3. The predicted octanol–water partition coefficient (Wildman–Crippen LogP) is 3.09. The number of hydrogen-bond acceptors (Lipinski definition) is 3. The molecule has 3 rings (SSSR count). The third-order valence-electron chi connectivity index (χ3n) is 5.12. The first-order valence-corrected chi connectivity index (χ1v) is 8.44. The average Bonchev–Trinajstić information content (AvgIpc) is 3.07. The lowest BCUT2D eigenvalue weighted by molar-refractivity contribution is -0.0635. The molecule has 134 valence electrons. The molecular weight excluding hydrogens is 324 g/mol. The summed E-state index contributed by atoms with van der Waals surface area (Å²) in [6.45, 7) is 7.54. The van der Waals surface area contributed by atoms with Gasteiger partial charge in [0.2, 0.25) is 0 Å². The number of piperidine rings is 1. The van der Waals surface area contributed by atoms with Gasteiger partial charge in [-0.2, -0.15) is 0 Å². The van der Waals surface area contributed by atoms with Crippen molar-refractivity contribution < 1.29 is 13.9 Å². The highest BCUT2D eigenvalue weighted by Crippen LogP contribution is 2.34. The van der Waals surface area contributed by atoms with Crippen molar-refractivity contribution in [3.05, 3.63) is 66.3 Å². The molecule has 0 amide bonds. The van der Waals surface area contributed by atoms with Crippen LogP contribution in [-0.4, -0.2) is 38.7 Å². The minimum absolute atomic E-state index is 0.0968. The maximum Gasteiger partial charge on any atom is 0.132 e. The fourth-order valence-corrected chi connectivity index (χ4v) is 3.47. The van der Waals surface area contributed by atoms with Crippen LogP contribution in [0.15, 0.2) is 49.1 Å². The third-order valence-corrected chi connectivity index (χ3v) is 5.12. The zero-order valence-corrected chi connectivity index (χ0v) is 14.3. The van der Waals surface area contributed by atoms with E-state index in [1.54, 1.807) is 23.3 Å². The van der Waals surface area contributed by atoms with Gasteiger partial charge in [0, 0.05) is 43.2 Å². The number of likely N-dealkylation sites (tertiary alicyclic amines) is 1. The number of halogens is 2. The summed E-state index contributed by atoms with van der Waals surface area (Å²) in [6, 6.07) is 2.98. The maximum atomic E-state index is 14.5. The summed E-state index contributed by atoms with van der Waals surface area (Å²) >= 11 is 0. The van der Waals surface area contributed by atoms with Gasteiger partial charge in [-0.3, -0.25) is 4.90 Å². The first kappa shape index (κ1) is 17.8. The fourth-order valence-electron chi connectivity index (χ4n) is 3.47. The molecule has 1 aliphatic rings. The number of hydrogen-bond donors (Lipinski definition) is 1. The van der Waals surface area contributed by atoms with Crippen LogP contribution in [0.2, 0.25) is 0 Å². The summed E-state index contributed by atoms with van der Waals surface area (Å²) in [6.07, 6.45) is 6.63. The quantitative estimate of drug-likeness (QED) is 0.845. The molecule has 0 radical (unpaired) electrons. The van der Waals surface area contributed by atoms with E-state index in [4.69, 9.17) is 0 Å². The van der Waals surface area contributed by atoms with E-state index in [1.807, 2.05) is 6.92 Å². The van der Waals surface area contributed by atoms with Gasteiger partial charge in [0.25, 0.3) is 0 Å². The number of rotatable bonds is 5. The van der Waals surface area contributed by atoms with Gasteiger partial charge in [-0.05, 0) is 25.8 Å². The van der Waals surface area contributed by atoms with Gasteiger partial charge >= 0.3 is 0 Å². The van der Waals surface area contributed by atoms with Crippen LogP contribution in [0.25, 0.3) is 0 Å². The number of benzene rings is 1. The molecule has 0 bridgehead atoms. The molecule has 6 heteroatoms. The normalized spacial score (nSPS) is 19.6. The molecule has 2 aromatic rings. The van der Waals surface area contributed by atoms with E-state index in [1.165, 1.54) is 17.7 Å². The summed E-state index contributed by atoms with van der Waals surface area (Å²) in [4.78, 5) is 6.12. The predicted molar refractivity (Wildman–Crippen MR) is 91.9 cm³/mol. The Kier molecular flexibility index (Phi) is 5.01. The lowest BCUT2D eigenvalue weighted by Gasteiger charge is -2.43. The minimum atomic E-state index is -1.52. The second-order valence-electron chi connectivity index (χ2n) is 6.75. The second-order valence-corrected chi connectivity index (χ2v) is 6.75. The molecule has 1 aromatic heterocycles. The standard InChI is InChI=1S/C19H23F2N3O/c1-14-5-8-24(9-6-14)15(2)19(25,12-23-10-7-22-13-23)17-4-3-16(20)11-18(17)21/h3-4,7,10-11,13,15,25H,1,5-6,8-9,12H2,2H3/t15-,19+/m1/s1. The Morgan fingerprint density at radius 3 is 2.64 bits per heavy atom. The molecule has 1 saturated heterocycles. The van der Waals surface area contributed by atoms with Crippen LogP contribution >= 0.6 is 0 Å². The van der Waals surface area contributed by atoms with E-state index in [9.17, 15) is 13.9 Å². The van der Waals surface area contributed by atoms with Gasteiger partial charge < -0.3 is 9.67 Å². The minimum Gasteiger partial charge on any atom is -0.382 e. The van der Waals surface area contributed by atoms with Gasteiger partial charge in [-0.15, -0.1) is 0 Å². The number of aromatic nitrogens is 2. The SMILES string of the molecule is C=C1CCN([C@H](C)[C@@](O)(Cn2ccnc2)c2ccc(F)cc2F)CC1. The molecule has 4 nitrogen and oxygen atoms in total. The summed E-state index contributed by atoms with van der Waals surface area (Å²) in [5.74, 6) is -1.40. The van der Waals surface area contributed by atoms with E-state index >= 15 is 0 Å². The second kappa shape index (κ2) is 7.06. The van der Waals surface area contributed by atoms with Gasteiger partial charge in [0.1, 0.15) is 17.2 Å². The first-order valence-electron chi connectivity index (χ1n) is 8.44. The van der Waals surface area contributed by atoms with Crippen molar-refractivity contribution in [3.63, 3.8) is 0 Å². The molecule has 0 unspecified atom stereocenters. The van der Waals surface area contributed by atoms with E-state index < -0.39 is 17.2 Å². The number of imidazole rings is 1. The average molecular weight is 347 g/mol. The Labute approximate surface area is 146 Å². The molecule has 25 heavy (non-hydrogen) atoms. The van der Waals surface area contributed by atoms with E-state index in [0.717, 1.165) is 32.0 Å². The van der Waals surface area contributed by atoms with E-state index in [-0.39, 0.29) is 18.2 Å². The van der Waals surface area contributed by atoms with E-state index in [0.29, 0.717) is 0 Å². The third kappa shape index (κ3) is 3.65. The Hall–Kier alpha value is -2.05. The van der Waals surface area contributed by atoms with Crippen molar-refractivity contribution in [3.8, 4) is 0 Å². The Bertz CT molecular complexity index is 737. The zero-order chi connectivity index (χ0) is 18.0. The molecule has 1 aromatic carbocycles. The molecular formula is C19H23F2N3O. The van der Waals surface area contributed by atoms with Crippen LogP contribution in [0, 0.1) is 11.6 Å². The van der Waals surface area contributed by atoms with Crippen molar-refractivity contribution in [2.75, 3.05) is 13.1 Å². The number of aliphatic hydroxyl groups is 1. The lowest BCUT2D eigenvalue weighted by Crippen LogP contribution is -2.53. The van der Waals surface area contributed by atoms with Crippen molar-refractivity contribution in [2.45, 2.75) is 38.0 Å². The molecule has 1 aliphatic heterocycles. The van der Waals surface area contributed by atoms with E-state index in [2.05, 4.69) is 16.5 Å². The van der Waals surface area contributed by atoms with Crippen LogP contribution in [0.3, 0.4) is 0 Å². The molecule has 1 N–H and O–H groups in total. The summed E-state index contributed by atoms with van der Waals surface area (Å²) in [5.41, 5.74) is -0.231. The summed E-state index contributed by atoms with van der Waals surface area (Å²) in [7, 11) is 0. The Morgan fingerprint density at radius 1 is 1.32 bits per heavy atom. The highest BCUT2D eigenvalue weighted by atomic mass is 19.1. The first-order chi connectivity index (χ1) is 11.9. The molecule has 0 aliphatic carbocycles. The highest BCUT2D eigenvalue weighted by molar-refractivity contribution is 5.27. The van der Waals surface area contributed by atoms with Gasteiger partial charge in [0.15, 0.2) is 0 Å². The fraction of sp³-hybridized carbons (Fsp3) is 0.421. The molecule has 2 atom stereocenters. The van der Waals surface area contributed by atoms with Crippen molar-refractivity contribution >= 4 is 0 Å². The van der Waals surface area contributed by atoms with Gasteiger partial charge in [-0.1, -0.05) is 18.2 Å². The van der Waals surface area contributed by atoms with Crippen LogP contribution in [0.1, 0.15) is 25.3 Å². The molecule has 0 saturated carbocycles. The Morgan fingerprint density at radius 2 is 2.04 bits per heavy atom. The Balaban J connectivity index is 1.97. The highest BCUT2D eigenvalue weighted by Gasteiger charge is 2.42. The largest absolute Gasteiger partial charge is 0.382 e. The molecule has 2 heterocycles. The topological polar surface area (TPSA) is 41.3 Å². The van der Waals surface area contributed by atoms with Crippen LogP contribution in [-0.2, 0) is 12.1 Å². The maximum absolute atomic E-state index is 14.5. The van der Waals surface area contributed by atoms with Gasteiger partial charge in [-0.25, -0.2) is 13.8 Å². The summed E-state index contributed by atoms with van der Waals surface area (Å²) in [5, 5.41) is 11.5. The van der Waals surface area contributed by atoms with Crippen LogP contribution in [0.5, 0.6) is 0 Å². The molecule has 1 fully saturated rings. The molecule has 0 spiro atoms. The smallest absolute Gasteiger partial charge is 0.132 e. The van der Waals surface area contributed by atoms with Crippen molar-refractivity contribution in [1.82, 2.24) is 14.5 Å². The van der Waals surface area contributed by atoms with Gasteiger partial charge in [0.05, 0.1) is 12.9 Å². The van der Waals surface area contributed by atoms with Crippen molar-refractivity contribution in [2.24, 2.45) is 0 Å².